The van der Waals surface area contributed by atoms with Crippen molar-refractivity contribution < 1.29 is 14.3 Å². The summed E-state index contributed by atoms with van der Waals surface area (Å²) in [6.45, 7) is 11.6. The van der Waals surface area contributed by atoms with Crippen LogP contribution in [0.2, 0.25) is 0 Å². The predicted octanol–water partition coefficient (Wildman–Crippen LogP) is 3.59. The summed E-state index contributed by atoms with van der Waals surface area (Å²) in [4.78, 5) is 36.7. The molecule has 6 nitrogen and oxygen atoms in total. The van der Waals surface area contributed by atoms with Crippen molar-refractivity contribution >= 4 is 45.2 Å². The van der Waals surface area contributed by atoms with Gasteiger partial charge in [-0.2, -0.15) is 0 Å². The van der Waals surface area contributed by atoms with Gasteiger partial charge in [-0.15, -0.1) is 11.3 Å². The first kappa shape index (κ1) is 20.6. The topological polar surface area (TPSA) is 72.4 Å². The van der Waals surface area contributed by atoms with Crippen molar-refractivity contribution in [2.45, 2.75) is 58.7 Å². The van der Waals surface area contributed by atoms with Crippen LogP contribution >= 0.6 is 23.1 Å². The molecule has 2 aromatic rings. The summed E-state index contributed by atoms with van der Waals surface area (Å²) in [5.74, 6) is -0.494. The summed E-state index contributed by atoms with van der Waals surface area (Å²) in [5.41, 5.74) is 1.14. The number of carbonyl (C=O) groups is 2. The van der Waals surface area contributed by atoms with E-state index in [4.69, 9.17) is 4.74 Å². The fourth-order valence-electron chi connectivity index (χ4n) is 2.82. The van der Waals surface area contributed by atoms with Crippen molar-refractivity contribution in [3.05, 3.63) is 16.8 Å². The molecule has 0 bridgehead atoms. The Morgan fingerprint density at radius 2 is 1.85 bits per heavy atom. The Morgan fingerprint density at radius 1 is 1.19 bits per heavy atom. The molecule has 0 spiro atoms. The maximum absolute atomic E-state index is 12.2. The highest BCUT2D eigenvalue weighted by molar-refractivity contribution is 8.00. The van der Waals surface area contributed by atoms with Crippen LogP contribution in [0.1, 0.15) is 38.1 Å². The van der Waals surface area contributed by atoms with E-state index in [9.17, 15) is 9.59 Å². The Balaban J connectivity index is 1.95. The third kappa shape index (κ3) is 4.73. The number of esters is 1. The molecule has 142 valence electrons. The molecule has 0 aromatic carbocycles. The largest absolute Gasteiger partial charge is 0.455 e. The number of fused-ring (bicyclic) bond motifs is 1. The van der Waals surface area contributed by atoms with Gasteiger partial charge >= 0.3 is 5.97 Å². The van der Waals surface area contributed by atoms with Gasteiger partial charge in [0.2, 0.25) is 0 Å². The second kappa shape index (κ2) is 8.81. The van der Waals surface area contributed by atoms with E-state index in [1.807, 2.05) is 41.5 Å². The van der Waals surface area contributed by atoms with E-state index in [1.165, 1.54) is 23.0 Å². The van der Waals surface area contributed by atoms with Crippen molar-refractivity contribution in [1.29, 1.82) is 0 Å². The standard InChI is InChI=1S/C18H25N3O3S2/c1-10(2)21(11(3)4)14(22)7-24-15(23)8-25-17-16-12(5)13(6)26-18(16)20-9-19-17/h9-11H,7-8H2,1-6H3. The third-order valence-electron chi connectivity index (χ3n) is 4.01. The number of nitrogens with zero attached hydrogens (tertiary/aromatic N) is 3. The molecule has 0 aliphatic rings. The number of ether oxygens (including phenoxy) is 1. The summed E-state index contributed by atoms with van der Waals surface area (Å²) in [6, 6.07) is 0.129. The van der Waals surface area contributed by atoms with Gasteiger partial charge in [0.05, 0.1) is 5.75 Å². The molecule has 0 aliphatic carbocycles. The summed E-state index contributed by atoms with van der Waals surface area (Å²) in [6.07, 6.45) is 1.51. The number of aromatic nitrogens is 2. The fraction of sp³-hybridized carbons (Fsp3) is 0.556. The van der Waals surface area contributed by atoms with Crippen molar-refractivity contribution in [3.8, 4) is 0 Å². The van der Waals surface area contributed by atoms with Gasteiger partial charge < -0.3 is 9.64 Å². The molecule has 0 saturated carbocycles. The first-order valence-electron chi connectivity index (χ1n) is 8.52. The number of hydrogen-bond acceptors (Lipinski definition) is 7. The van der Waals surface area contributed by atoms with Crippen molar-refractivity contribution in [2.75, 3.05) is 12.4 Å². The number of amides is 1. The minimum absolute atomic E-state index is 0.0645. The van der Waals surface area contributed by atoms with Crippen LogP contribution in [0.15, 0.2) is 11.4 Å². The van der Waals surface area contributed by atoms with Crippen molar-refractivity contribution in [1.82, 2.24) is 14.9 Å². The molecule has 2 rings (SSSR count). The summed E-state index contributed by atoms with van der Waals surface area (Å²) in [5, 5.41) is 1.76. The Morgan fingerprint density at radius 3 is 2.46 bits per heavy atom. The van der Waals surface area contributed by atoms with Crippen LogP contribution in [-0.2, 0) is 14.3 Å². The quantitative estimate of drug-likeness (QED) is 0.405. The zero-order chi connectivity index (χ0) is 19.4. The lowest BCUT2D eigenvalue weighted by molar-refractivity contribution is -0.151. The molecule has 2 aromatic heterocycles. The highest BCUT2D eigenvalue weighted by Crippen LogP contribution is 2.34. The smallest absolute Gasteiger partial charge is 0.316 e. The lowest BCUT2D eigenvalue weighted by Gasteiger charge is -2.30. The second-order valence-electron chi connectivity index (χ2n) is 6.58. The molecule has 0 N–H and O–H groups in total. The molecule has 0 fully saturated rings. The van der Waals surface area contributed by atoms with Crippen LogP contribution in [0, 0.1) is 13.8 Å². The minimum atomic E-state index is -0.424. The zero-order valence-corrected chi connectivity index (χ0v) is 17.7. The Labute approximate surface area is 162 Å². The monoisotopic (exact) mass is 395 g/mol. The van der Waals surface area contributed by atoms with E-state index < -0.39 is 5.97 Å². The normalized spacial score (nSPS) is 11.4. The number of hydrogen-bond donors (Lipinski definition) is 0. The molecule has 0 aliphatic heterocycles. The van der Waals surface area contributed by atoms with Crippen molar-refractivity contribution in [3.63, 3.8) is 0 Å². The van der Waals surface area contributed by atoms with Crippen LogP contribution in [0.5, 0.6) is 0 Å². The lowest BCUT2D eigenvalue weighted by atomic mass is 10.2. The third-order valence-corrected chi connectivity index (χ3v) is 6.09. The number of rotatable bonds is 7. The molecule has 0 unspecified atom stereocenters. The van der Waals surface area contributed by atoms with Gasteiger partial charge in [0.15, 0.2) is 6.61 Å². The van der Waals surface area contributed by atoms with Crippen LogP contribution in [-0.4, -0.2) is 51.2 Å². The maximum Gasteiger partial charge on any atom is 0.316 e. The molecular formula is C18H25N3O3S2. The van der Waals surface area contributed by atoms with Gasteiger partial charge in [-0.25, -0.2) is 9.97 Å². The molecule has 8 heteroatoms. The molecular weight excluding hydrogens is 370 g/mol. The first-order chi connectivity index (χ1) is 12.2. The zero-order valence-electron chi connectivity index (χ0n) is 16.0. The summed E-state index contributed by atoms with van der Waals surface area (Å²) < 4.78 is 5.16. The van der Waals surface area contributed by atoms with Crippen LogP contribution in [0.4, 0.5) is 0 Å². The van der Waals surface area contributed by atoms with E-state index in [2.05, 4.69) is 9.97 Å². The molecule has 2 heterocycles. The predicted molar refractivity (Wildman–Crippen MR) is 106 cm³/mol. The van der Waals surface area contributed by atoms with E-state index >= 15 is 0 Å². The molecule has 0 atom stereocenters. The first-order valence-corrected chi connectivity index (χ1v) is 10.3. The second-order valence-corrected chi connectivity index (χ2v) is 8.75. The fourth-order valence-corrected chi connectivity index (χ4v) is 4.73. The van der Waals surface area contributed by atoms with Crippen LogP contribution in [0.25, 0.3) is 10.2 Å². The average molecular weight is 396 g/mol. The SMILES string of the molecule is Cc1sc2ncnc(SCC(=O)OCC(=O)N(C(C)C)C(C)C)c2c1C. The summed E-state index contributed by atoms with van der Waals surface area (Å²) >= 11 is 2.93. The van der Waals surface area contributed by atoms with E-state index in [1.54, 1.807) is 16.2 Å². The van der Waals surface area contributed by atoms with Gasteiger partial charge in [0.25, 0.3) is 5.91 Å². The van der Waals surface area contributed by atoms with Crippen LogP contribution < -0.4 is 0 Å². The van der Waals surface area contributed by atoms with Crippen LogP contribution in [0.3, 0.4) is 0 Å². The molecule has 26 heavy (non-hydrogen) atoms. The van der Waals surface area contributed by atoms with Gasteiger partial charge in [0, 0.05) is 22.3 Å². The Bertz CT molecular complexity index is 794. The van der Waals surface area contributed by atoms with E-state index in [0.717, 1.165) is 20.8 Å². The van der Waals surface area contributed by atoms with E-state index in [0.29, 0.717) is 0 Å². The lowest BCUT2D eigenvalue weighted by Crippen LogP contribution is -2.44. The highest BCUT2D eigenvalue weighted by atomic mass is 32.2. The minimum Gasteiger partial charge on any atom is -0.455 e. The number of aryl methyl sites for hydroxylation is 2. The molecule has 0 radical (unpaired) electrons. The van der Waals surface area contributed by atoms with Gasteiger partial charge in [-0.3, -0.25) is 9.59 Å². The van der Waals surface area contributed by atoms with E-state index in [-0.39, 0.29) is 30.4 Å². The molecule has 0 saturated heterocycles. The summed E-state index contributed by atoms with van der Waals surface area (Å²) in [7, 11) is 0. The number of carbonyl (C=O) groups excluding carboxylic acids is 2. The average Bonchev–Trinajstić information content (AvgIpc) is 2.85. The highest BCUT2D eigenvalue weighted by Gasteiger charge is 2.21. The Kier molecular flexibility index (Phi) is 7.00. The molecule has 1 amide bonds. The van der Waals surface area contributed by atoms with Crippen molar-refractivity contribution in [2.24, 2.45) is 0 Å². The maximum atomic E-state index is 12.2. The Hall–Kier alpha value is -1.67. The number of thioether (sulfide) groups is 1. The van der Waals surface area contributed by atoms with Gasteiger partial charge in [-0.1, -0.05) is 11.8 Å². The number of thiophene rings is 1. The van der Waals surface area contributed by atoms with Gasteiger partial charge in [-0.05, 0) is 47.1 Å². The van der Waals surface area contributed by atoms with Gasteiger partial charge in [0.1, 0.15) is 16.2 Å².